The molecule has 2 aliphatic heterocycles. The second kappa shape index (κ2) is 9.01. The van der Waals surface area contributed by atoms with Gasteiger partial charge in [0.1, 0.15) is 12.1 Å². The van der Waals surface area contributed by atoms with E-state index in [9.17, 15) is 24.0 Å². The highest BCUT2D eigenvalue weighted by atomic mass is 16.5. The topological polar surface area (TPSA) is 114 Å². The molecule has 1 aliphatic carbocycles. The van der Waals surface area contributed by atoms with Crippen LogP contribution in [0.4, 0.5) is 4.79 Å². The fourth-order valence-electron chi connectivity index (χ4n) is 4.61. The summed E-state index contributed by atoms with van der Waals surface area (Å²) in [6.45, 7) is -0.195. The standard InChI is InChI=1S/C20H29N3O7/c1-21-19(28)23(18(27)20(21)8-4-3-5-9-20)12-16(25)30-13-15(24)22-10-6-14(7-11-22)17(26)29-2/h14H,3-13H2,1-2H3. The number of imide groups is 1. The predicted octanol–water partition coefficient (Wildman–Crippen LogP) is 0.538. The van der Waals surface area contributed by atoms with Crippen molar-refractivity contribution in [2.45, 2.75) is 50.5 Å². The summed E-state index contributed by atoms with van der Waals surface area (Å²) >= 11 is 0. The van der Waals surface area contributed by atoms with Crippen LogP contribution in [-0.2, 0) is 28.7 Å². The molecular formula is C20H29N3O7. The maximum Gasteiger partial charge on any atom is 0.327 e. The third kappa shape index (κ3) is 4.13. The van der Waals surface area contributed by atoms with Crippen LogP contribution >= 0.6 is 0 Å². The lowest BCUT2D eigenvalue weighted by atomic mass is 9.81. The largest absolute Gasteiger partial charge is 0.469 e. The number of carbonyl (C=O) groups excluding carboxylic acids is 5. The molecule has 30 heavy (non-hydrogen) atoms. The van der Waals surface area contributed by atoms with Gasteiger partial charge in [0.2, 0.25) is 0 Å². The number of urea groups is 1. The molecular weight excluding hydrogens is 394 g/mol. The summed E-state index contributed by atoms with van der Waals surface area (Å²) in [5.41, 5.74) is -0.852. The van der Waals surface area contributed by atoms with Crippen molar-refractivity contribution in [1.29, 1.82) is 0 Å². The smallest absolute Gasteiger partial charge is 0.327 e. The Hall–Kier alpha value is -2.65. The Labute approximate surface area is 175 Å². The van der Waals surface area contributed by atoms with Gasteiger partial charge in [-0.2, -0.15) is 0 Å². The van der Waals surface area contributed by atoms with Crippen LogP contribution in [0.15, 0.2) is 0 Å². The van der Waals surface area contributed by atoms with E-state index in [4.69, 9.17) is 9.47 Å². The average molecular weight is 423 g/mol. The number of rotatable bonds is 5. The van der Waals surface area contributed by atoms with E-state index in [0.717, 1.165) is 24.2 Å². The molecule has 166 valence electrons. The summed E-state index contributed by atoms with van der Waals surface area (Å²) < 4.78 is 9.75. The molecule has 0 aromatic rings. The van der Waals surface area contributed by atoms with Gasteiger partial charge < -0.3 is 19.3 Å². The van der Waals surface area contributed by atoms with Crippen molar-refractivity contribution in [1.82, 2.24) is 14.7 Å². The maximum atomic E-state index is 12.9. The minimum atomic E-state index is -0.852. The molecule has 1 saturated carbocycles. The lowest BCUT2D eigenvalue weighted by Gasteiger charge is -2.35. The quantitative estimate of drug-likeness (QED) is 0.468. The van der Waals surface area contributed by atoms with Crippen molar-refractivity contribution in [3.05, 3.63) is 0 Å². The number of methoxy groups -OCH3 is 1. The number of carbonyl (C=O) groups is 5. The summed E-state index contributed by atoms with van der Waals surface area (Å²) in [4.78, 5) is 65.4. The van der Waals surface area contributed by atoms with Crippen molar-refractivity contribution < 1.29 is 33.4 Å². The number of ether oxygens (including phenoxy) is 2. The molecule has 4 amide bonds. The number of amides is 4. The van der Waals surface area contributed by atoms with Crippen molar-refractivity contribution in [2.24, 2.45) is 5.92 Å². The Morgan fingerprint density at radius 1 is 1.07 bits per heavy atom. The number of likely N-dealkylation sites (tertiary alicyclic amines) is 1. The van der Waals surface area contributed by atoms with Crippen molar-refractivity contribution in [3.8, 4) is 0 Å². The third-order valence-electron chi connectivity index (χ3n) is 6.51. The first-order valence-corrected chi connectivity index (χ1v) is 10.4. The van der Waals surface area contributed by atoms with Gasteiger partial charge in [-0.05, 0) is 25.7 Å². The third-order valence-corrected chi connectivity index (χ3v) is 6.51. The van der Waals surface area contributed by atoms with Crippen LogP contribution in [0.5, 0.6) is 0 Å². The van der Waals surface area contributed by atoms with Crippen LogP contribution in [0.25, 0.3) is 0 Å². The summed E-state index contributed by atoms with van der Waals surface area (Å²) in [6, 6.07) is -0.505. The molecule has 2 heterocycles. The van der Waals surface area contributed by atoms with Gasteiger partial charge in [0.15, 0.2) is 6.61 Å². The Kier molecular flexibility index (Phi) is 6.62. The van der Waals surface area contributed by atoms with Crippen LogP contribution in [0.2, 0.25) is 0 Å². The molecule has 10 heteroatoms. The molecule has 0 N–H and O–H groups in total. The summed E-state index contributed by atoms with van der Waals surface area (Å²) in [7, 11) is 2.93. The molecule has 0 aromatic heterocycles. The number of likely N-dealkylation sites (N-methyl/N-ethyl adjacent to an activating group) is 1. The van der Waals surface area contributed by atoms with E-state index >= 15 is 0 Å². The molecule has 0 unspecified atom stereocenters. The highest BCUT2D eigenvalue weighted by Gasteiger charge is 2.56. The van der Waals surface area contributed by atoms with Gasteiger partial charge >= 0.3 is 18.0 Å². The fraction of sp³-hybridized carbons (Fsp3) is 0.750. The minimum absolute atomic E-state index is 0.224. The molecule has 2 saturated heterocycles. The van der Waals surface area contributed by atoms with Gasteiger partial charge in [0, 0.05) is 20.1 Å². The molecule has 0 atom stereocenters. The summed E-state index contributed by atoms with van der Waals surface area (Å²) in [5.74, 6) is -2.03. The number of piperidine rings is 1. The van der Waals surface area contributed by atoms with Gasteiger partial charge in [0.05, 0.1) is 13.0 Å². The SMILES string of the molecule is COC(=O)C1CCN(C(=O)COC(=O)CN2C(=O)N(C)C3(CCCCC3)C2=O)CC1. The second-order valence-corrected chi connectivity index (χ2v) is 8.16. The van der Waals surface area contributed by atoms with E-state index < -0.39 is 30.7 Å². The molecule has 3 aliphatic rings. The normalized spacial score (nSPS) is 21.9. The van der Waals surface area contributed by atoms with Gasteiger partial charge in [0.25, 0.3) is 11.8 Å². The van der Waals surface area contributed by atoms with Crippen LogP contribution in [0.3, 0.4) is 0 Å². The monoisotopic (exact) mass is 423 g/mol. The molecule has 0 bridgehead atoms. The highest BCUT2D eigenvalue weighted by Crippen LogP contribution is 2.39. The number of esters is 2. The van der Waals surface area contributed by atoms with E-state index in [1.54, 1.807) is 7.05 Å². The number of hydrogen-bond acceptors (Lipinski definition) is 7. The Morgan fingerprint density at radius 3 is 2.30 bits per heavy atom. The first-order chi connectivity index (χ1) is 14.3. The van der Waals surface area contributed by atoms with E-state index in [1.807, 2.05) is 0 Å². The average Bonchev–Trinajstić information content (AvgIpc) is 2.93. The fourth-order valence-corrected chi connectivity index (χ4v) is 4.61. The van der Waals surface area contributed by atoms with E-state index in [2.05, 4.69) is 0 Å². The van der Waals surface area contributed by atoms with Crippen molar-refractivity contribution in [3.63, 3.8) is 0 Å². The maximum absolute atomic E-state index is 12.9. The Bertz CT molecular complexity index is 724. The molecule has 10 nitrogen and oxygen atoms in total. The van der Waals surface area contributed by atoms with E-state index in [0.29, 0.717) is 38.8 Å². The summed E-state index contributed by atoms with van der Waals surface area (Å²) in [6.07, 6.45) is 4.94. The van der Waals surface area contributed by atoms with E-state index in [-0.39, 0.29) is 23.7 Å². The van der Waals surface area contributed by atoms with Gasteiger partial charge in [-0.3, -0.25) is 24.1 Å². The lowest BCUT2D eigenvalue weighted by molar-refractivity contribution is -0.155. The molecule has 0 radical (unpaired) electrons. The molecule has 0 aromatic carbocycles. The Morgan fingerprint density at radius 2 is 1.70 bits per heavy atom. The predicted molar refractivity (Wildman–Crippen MR) is 103 cm³/mol. The van der Waals surface area contributed by atoms with Crippen LogP contribution < -0.4 is 0 Å². The van der Waals surface area contributed by atoms with Crippen LogP contribution in [-0.4, -0.2) is 90.4 Å². The van der Waals surface area contributed by atoms with E-state index in [1.165, 1.54) is 16.9 Å². The Balaban J connectivity index is 1.48. The highest BCUT2D eigenvalue weighted by molar-refractivity contribution is 6.08. The molecule has 3 fully saturated rings. The zero-order valence-corrected chi connectivity index (χ0v) is 17.6. The molecule has 1 spiro atoms. The molecule has 3 rings (SSSR count). The number of nitrogens with zero attached hydrogens (tertiary/aromatic N) is 3. The van der Waals surface area contributed by atoms with Crippen LogP contribution in [0.1, 0.15) is 44.9 Å². The van der Waals surface area contributed by atoms with Gasteiger partial charge in [-0.1, -0.05) is 19.3 Å². The minimum Gasteiger partial charge on any atom is -0.469 e. The zero-order valence-electron chi connectivity index (χ0n) is 17.6. The summed E-state index contributed by atoms with van der Waals surface area (Å²) in [5, 5.41) is 0. The van der Waals surface area contributed by atoms with Gasteiger partial charge in [-0.15, -0.1) is 0 Å². The first kappa shape index (κ1) is 22.0. The van der Waals surface area contributed by atoms with Crippen molar-refractivity contribution in [2.75, 3.05) is 40.4 Å². The second-order valence-electron chi connectivity index (χ2n) is 8.16. The van der Waals surface area contributed by atoms with Crippen LogP contribution in [0, 0.1) is 5.92 Å². The lowest BCUT2D eigenvalue weighted by Crippen LogP contribution is -2.49. The van der Waals surface area contributed by atoms with Gasteiger partial charge in [-0.25, -0.2) is 4.79 Å². The first-order valence-electron chi connectivity index (χ1n) is 10.4. The zero-order chi connectivity index (χ0) is 21.9. The number of hydrogen-bond donors (Lipinski definition) is 0. The van der Waals surface area contributed by atoms with Crippen molar-refractivity contribution >= 4 is 29.8 Å².